The van der Waals surface area contributed by atoms with Gasteiger partial charge < -0.3 is 4.74 Å². The van der Waals surface area contributed by atoms with Crippen LogP contribution in [0.15, 0.2) is 48.5 Å². The molecule has 0 radical (unpaired) electrons. The lowest BCUT2D eigenvalue weighted by molar-refractivity contribution is -0.118. The number of carbonyl (C=O) groups is 2. The molecular weight excluding hydrogens is 300 g/mol. The molecule has 0 saturated carbocycles. The van der Waals surface area contributed by atoms with Crippen LogP contribution < -0.4 is 0 Å². The summed E-state index contributed by atoms with van der Waals surface area (Å²) in [4.78, 5) is 23.4. The number of esters is 1. The second-order valence-electron chi connectivity index (χ2n) is 5.11. The van der Waals surface area contributed by atoms with Gasteiger partial charge in [0.25, 0.3) is 0 Å². The number of benzene rings is 2. The highest BCUT2D eigenvalue weighted by molar-refractivity contribution is 6.30. The Bertz CT molecular complexity index is 677. The van der Waals surface area contributed by atoms with Crippen LogP contribution in [0.4, 0.5) is 0 Å². The highest BCUT2D eigenvalue weighted by atomic mass is 35.5. The van der Waals surface area contributed by atoms with Gasteiger partial charge in [-0.3, -0.25) is 4.79 Å². The topological polar surface area (TPSA) is 43.4 Å². The largest absolute Gasteiger partial charge is 0.465 e. The Morgan fingerprint density at radius 3 is 2.36 bits per heavy atom. The first-order chi connectivity index (χ1) is 10.5. The number of hydrogen-bond donors (Lipinski definition) is 0. The Hall–Kier alpha value is -2.13. The molecule has 0 amide bonds. The minimum absolute atomic E-state index is 0.0827. The number of ether oxygens (including phenoxy) is 1. The minimum atomic E-state index is -0.371. The summed E-state index contributed by atoms with van der Waals surface area (Å²) < 4.78 is 4.67. The molecule has 0 aromatic heterocycles. The number of carbonyl (C=O) groups excluding carboxylic acids is 2. The second-order valence-corrected chi connectivity index (χ2v) is 5.55. The van der Waals surface area contributed by atoms with Crippen molar-refractivity contribution in [2.24, 2.45) is 0 Å². The zero-order chi connectivity index (χ0) is 16.1. The quantitative estimate of drug-likeness (QED) is 0.782. The van der Waals surface area contributed by atoms with Crippen molar-refractivity contribution in [2.75, 3.05) is 7.11 Å². The zero-order valence-corrected chi connectivity index (χ0v) is 13.3. The molecule has 2 aromatic carbocycles. The van der Waals surface area contributed by atoms with Gasteiger partial charge in [0, 0.05) is 10.9 Å². The zero-order valence-electron chi connectivity index (χ0n) is 12.5. The van der Waals surface area contributed by atoms with Crippen LogP contribution in [0.1, 0.15) is 34.3 Å². The summed E-state index contributed by atoms with van der Waals surface area (Å²) in [6, 6.07) is 14.4. The van der Waals surface area contributed by atoms with E-state index in [0.717, 1.165) is 11.1 Å². The van der Waals surface area contributed by atoms with Gasteiger partial charge in [-0.1, -0.05) is 35.9 Å². The number of Topliss-reactive ketones (excluding diaryl/α,β-unsaturated/α-hetero) is 1. The van der Waals surface area contributed by atoms with Crippen LogP contribution in [0.25, 0.3) is 0 Å². The van der Waals surface area contributed by atoms with E-state index in [1.165, 1.54) is 7.11 Å². The van der Waals surface area contributed by atoms with Crippen molar-refractivity contribution < 1.29 is 14.3 Å². The average molecular weight is 317 g/mol. The maximum absolute atomic E-state index is 12.0. The molecule has 4 heteroatoms. The van der Waals surface area contributed by atoms with E-state index in [0.29, 0.717) is 17.0 Å². The fourth-order valence-corrected chi connectivity index (χ4v) is 2.55. The van der Waals surface area contributed by atoms with Gasteiger partial charge in [-0.25, -0.2) is 4.79 Å². The molecule has 1 unspecified atom stereocenters. The molecule has 0 bridgehead atoms. The van der Waals surface area contributed by atoms with Gasteiger partial charge in [0.1, 0.15) is 5.78 Å². The van der Waals surface area contributed by atoms with Crippen LogP contribution in [-0.4, -0.2) is 18.9 Å². The van der Waals surface area contributed by atoms with Crippen molar-refractivity contribution in [3.8, 4) is 0 Å². The lowest BCUT2D eigenvalue weighted by Gasteiger charge is -2.15. The molecule has 0 aliphatic heterocycles. The van der Waals surface area contributed by atoms with Crippen LogP contribution in [0.5, 0.6) is 0 Å². The monoisotopic (exact) mass is 316 g/mol. The SMILES string of the molecule is COC(=O)c1ccc(CC(C(C)=O)c2cccc(Cl)c2)cc1. The Balaban J connectivity index is 2.22. The molecule has 2 aromatic rings. The summed E-state index contributed by atoms with van der Waals surface area (Å²) in [5, 5.41) is 0.616. The van der Waals surface area contributed by atoms with E-state index in [2.05, 4.69) is 4.74 Å². The third kappa shape index (κ3) is 3.95. The summed E-state index contributed by atoms with van der Waals surface area (Å²) in [5.74, 6) is -0.536. The fraction of sp³-hybridized carbons (Fsp3) is 0.222. The maximum atomic E-state index is 12.0. The Labute approximate surface area is 134 Å². The highest BCUT2D eigenvalue weighted by Gasteiger charge is 2.18. The third-order valence-electron chi connectivity index (χ3n) is 3.56. The van der Waals surface area contributed by atoms with Gasteiger partial charge in [0.05, 0.1) is 12.7 Å². The number of halogens is 1. The standard InChI is InChI=1S/C18H17ClO3/c1-12(20)17(15-4-3-5-16(19)11-15)10-13-6-8-14(9-7-13)18(21)22-2/h3-9,11,17H,10H2,1-2H3. The molecule has 0 heterocycles. The predicted molar refractivity (Wildman–Crippen MR) is 86.4 cm³/mol. The summed E-state index contributed by atoms with van der Waals surface area (Å²) in [6.45, 7) is 1.58. The van der Waals surface area contributed by atoms with E-state index >= 15 is 0 Å². The lowest BCUT2D eigenvalue weighted by atomic mass is 9.89. The Kier molecular flexibility index (Phi) is 5.34. The lowest BCUT2D eigenvalue weighted by Crippen LogP contribution is -2.12. The molecule has 0 N–H and O–H groups in total. The molecule has 22 heavy (non-hydrogen) atoms. The summed E-state index contributed by atoms with van der Waals surface area (Å²) in [6.07, 6.45) is 0.567. The first-order valence-corrected chi connectivity index (χ1v) is 7.32. The molecule has 0 fully saturated rings. The van der Waals surface area contributed by atoms with Gasteiger partial charge in [-0.2, -0.15) is 0 Å². The van der Waals surface area contributed by atoms with Gasteiger partial charge in [-0.15, -0.1) is 0 Å². The molecular formula is C18H17ClO3. The van der Waals surface area contributed by atoms with E-state index in [-0.39, 0.29) is 17.7 Å². The van der Waals surface area contributed by atoms with Crippen LogP contribution >= 0.6 is 11.6 Å². The maximum Gasteiger partial charge on any atom is 0.337 e. The summed E-state index contributed by atoms with van der Waals surface area (Å²) in [5.41, 5.74) is 2.37. The smallest absolute Gasteiger partial charge is 0.337 e. The van der Waals surface area contributed by atoms with Crippen molar-refractivity contribution in [3.63, 3.8) is 0 Å². The normalized spacial score (nSPS) is 11.8. The van der Waals surface area contributed by atoms with Crippen LogP contribution in [-0.2, 0) is 16.0 Å². The predicted octanol–water partition coefficient (Wildman–Crippen LogP) is 4.04. The van der Waals surface area contributed by atoms with E-state index < -0.39 is 0 Å². The van der Waals surface area contributed by atoms with Crippen molar-refractivity contribution in [1.82, 2.24) is 0 Å². The van der Waals surface area contributed by atoms with Crippen LogP contribution in [0, 0.1) is 0 Å². The van der Waals surface area contributed by atoms with Gasteiger partial charge in [0.15, 0.2) is 0 Å². The summed E-state index contributed by atoms with van der Waals surface area (Å²) >= 11 is 6.01. The van der Waals surface area contributed by atoms with Gasteiger partial charge in [-0.05, 0) is 48.7 Å². The average Bonchev–Trinajstić information content (AvgIpc) is 2.52. The first kappa shape index (κ1) is 16.2. The fourth-order valence-electron chi connectivity index (χ4n) is 2.35. The molecule has 3 nitrogen and oxygen atoms in total. The van der Waals surface area contributed by atoms with E-state index in [1.54, 1.807) is 25.1 Å². The molecule has 0 aliphatic carbocycles. The van der Waals surface area contributed by atoms with E-state index in [4.69, 9.17) is 11.6 Å². The Morgan fingerprint density at radius 2 is 1.82 bits per heavy atom. The number of hydrogen-bond acceptors (Lipinski definition) is 3. The Morgan fingerprint density at radius 1 is 1.14 bits per heavy atom. The molecule has 0 spiro atoms. The van der Waals surface area contributed by atoms with Gasteiger partial charge in [0.2, 0.25) is 0 Å². The number of methoxy groups -OCH3 is 1. The second kappa shape index (κ2) is 7.23. The van der Waals surface area contributed by atoms with Crippen molar-refractivity contribution in [1.29, 1.82) is 0 Å². The van der Waals surface area contributed by atoms with E-state index in [1.807, 2.05) is 30.3 Å². The van der Waals surface area contributed by atoms with E-state index in [9.17, 15) is 9.59 Å². The molecule has 1 atom stereocenters. The van der Waals surface area contributed by atoms with Crippen molar-refractivity contribution >= 4 is 23.4 Å². The molecule has 114 valence electrons. The molecule has 0 saturated heterocycles. The first-order valence-electron chi connectivity index (χ1n) is 6.94. The van der Waals surface area contributed by atoms with Crippen LogP contribution in [0.2, 0.25) is 5.02 Å². The van der Waals surface area contributed by atoms with Crippen LogP contribution in [0.3, 0.4) is 0 Å². The van der Waals surface area contributed by atoms with Crippen molar-refractivity contribution in [3.05, 3.63) is 70.2 Å². The molecule has 2 rings (SSSR count). The number of rotatable bonds is 5. The molecule has 0 aliphatic rings. The van der Waals surface area contributed by atoms with Gasteiger partial charge >= 0.3 is 5.97 Å². The minimum Gasteiger partial charge on any atom is -0.465 e. The third-order valence-corrected chi connectivity index (χ3v) is 3.79. The number of ketones is 1. The summed E-state index contributed by atoms with van der Waals surface area (Å²) in [7, 11) is 1.35. The highest BCUT2D eigenvalue weighted by Crippen LogP contribution is 2.24. The van der Waals surface area contributed by atoms with Crippen molar-refractivity contribution in [2.45, 2.75) is 19.3 Å².